The fourth-order valence-electron chi connectivity index (χ4n) is 1.00. The minimum atomic E-state index is -0.605. The van der Waals surface area contributed by atoms with Gasteiger partial charge < -0.3 is 5.11 Å². The molecule has 0 saturated heterocycles. The molecule has 13 heavy (non-hydrogen) atoms. The average Bonchev–Trinajstić information content (AvgIpc) is 2.72. The molecule has 1 N–H and O–H groups in total. The Hall–Kier alpha value is -0.230. The van der Waals surface area contributed by atoms with Crippen LogP contribution in [-0.2, 0) is 0 Å². The van der Waals surface area contributed by atoms with E-state index in [4.69, 9.17) is 0 Å². The summed E-state index contributed by atoms with van der Waals surface area (Å²) in [7, 11) is 0. The molecule has 0 aliphatic heterocycles. The number of aliphatic hydroxyl groups is 1. The highest BCUT2D eigenvalue weighted by molar-refractivity contribution is 9.10. The third kappa shape index (κ3) is 1.83. The van der Waals surface area contributed by atoms with Crippen LogP contribution in [0.15, 0.2) is 26.1 Å². The van der Waals surface area contributed by atoms with Crippen LogP contribution in [0.4, 0.5) is 0 Å². The molecule has 2 rings (SSSR count). The Morgan fingerprint density at radius 3 is 2.69 bits per heavy atom. The number of hydrogen-bond acceptors (Lipinski definition) is 4. The molecule has 0 aromatic carbocycles. The van der Waals surface area contributed by atoms with Gasteiger partial charge in [0.25, 0.3) is 0 Å². The monoisotopic (exact) mass is 275 g/mol. The molecule has 0 radical (unpaired) electrons. The highest BCUT2D eigenvalue weighted by Crippen LogP contribution is 2.30. The first-order valence-corrected chi connectivity index (χ1v) is 6.24. The molecule has 0 spiro atoms. The van der Waals surface area contributed by atoms with Gasteiger partial charge in [-0.15, -0.1) is 11.3 Å². The summed E-state index contributed by atoms with van der Waals surface area (Å²) in [4.78, 5) is 4.07. The van der Waals surface area contributed by atoms with Gasteiger partial charge in [-0.25, -0.2) is 4.98 Å². The quantitative estimate of drug-likeness (QED) is 0.914. The maximum atomic E-state index is 9.87. The van der Waals surface area contributed by atoms with E-state index in [1.165, 1.54) is 11.3 Å². The van der Waals surface area contributed by atoms with Crippen LogP contribution in [0.3, 0.4) is 0 Å². The second-order valence-corrected chi connectivity index (χ2v) is 4.81. The minimum absolute atomic E-state index is 0.605. The molecule has 2 nitrogen and oxygen atoms in total. The number of thiazole rings is 1. The lowest BCUT2D eigenvalue weighted by Crippen LogP contribution is -1.98. The van der Waals surface area contributed by atoms with Gasteiger partial charge in [0.15, 0.2) is 0 Å². The molecule has 68 valence electrons. The SMILES string of the molecule is OC(c1cscn1)c1cscc1Br. The summed E-state index contributed by atoms with van der Waals surface area (Å²) in [6, 6.07) is 0. The van der Waals surface area contributed by atoms with Crippen molar-refractivity contribution in [2.45, 2.75) is 6.10 Å². The number of aliphatic hydroxyl groups excluding tert-OH is 1. The van der Waals surface area contributed by atoms with Crippen molar-refractivity contribution in [1.82, 2.24) is 4.98 Å². The van der Waals surface area contributed by atoms with Gasteiger partial charge in [-0.2, -0.15) is 11.3 Å². The zero-order valence-electron chi connectivity index (χ0n) is 6.48. The van der Waals surface area contributed by atoms with E-state index in [9.17, 15) is 5.11 Å². The van der Waals surface area contributed by atoms with Crippen LogP contribution in [-0.4, -0.2) is 10.1 Å². The Kier molecular flexibility index (Phi) is 2.78. The van der Waals surface area contributed by atoms with Gasteiger partial charge in [0, 0.05) is 20.8 Å². The van der Waals surface area contributed by atoms with Crippen LogP contribution in [0.2, 0.25) is 0 Å². The summed E-state index contributed by atoms with van der Waals surface area (Å²) >= 11 is 6.43. The fourth-order valence-corrected chi connectivity index (χ4v) is 3.11. The van der Waals surface area contributed by atoms with Gasteiger partial charge in [0.1, 0.15) is 6.10 Å². The van der Waals surface area contributed by atoms with E-state index in [0.29, 0.717) is 5.69 Å². The maximum absolute atomic E-state index is 9.87. The van der Waals surface area contributed by atoms with Crippen LogP contribution < -0.4 is 0 Å². The number of rotatable bonds is 2. The lowest BCUT2D eigenvalue weighted by molar-refractivity contribution is 0.216. The first-order valence-electron chi connectivity index (χ1n) is 3.57. The van der Waals surface area contributed by atoms with Gasteiger partial charge in [0.05, 0.1) is 11.2 Å². The predicted molar refractivity (Wildman–Crippen MR) is 58.2 cm³/mol. The van der Waals surface area contributed by atoms with Gasteiger partial charge in [-0.1, -0.05) is 0 Å². The number of nitrogens with zero attached hydrogens (tertiary/aromatic N) is 1. The van der Waals surface area contributed by atoms with E-state index in [1.807, 2.05) is 16.1 Å². The third-order valence-electron chi connectivity index (χ3n) is 1.67. The minimum Gasteiger partial charge on any atom is -0.382 e. The largest absolute Gasteiger partial charge is 0.382 e. The summed E-state index contributed by atoms with van der Waals surface area (Å²) in [5.41, 5.74) is 3.32. The lowest BCUT2D eigenvalue weighted by atomic mass is 10.1. The van der Waals surface area contributed by atoms with Crippen molar-refractivity contribution in [2.75, 3.05) is 0 Å². The van der Waals surface area contributed by atoms with Gasteiger partial charge in [-0.3, -0.25) is 0 Å². The number of aromatic nitrogens is 1. The Morgan fingerprint density at radius 2 is 2.15 bits per heavy atom. The van der Waals surface area contributed by atoms with Crippen LogP contribution >= 0.6 is 38.6 Å². The van der Waals surface area contributed by atoms with Crippen molar-refractivity contribution >= 4 is 38.6 Å². The predicted octanol–water partition coefficient (Wildman–Crippen LogP) is 3.05. The zero-order chi connectivity index (χ0) is 9.26. The standard InChI is InChI=1S/C8H6BrNOS2/c9-6-2-12-1-5(6)8(11)7-3-13-4-10-7/h1-4,8,11H. The molecule has 0 fully saturated rings. The van der Waals surface area contributed by atoms with Crippen molar-refractivity contribution in [3.63, 3.8) is 0 Å². The van der Waals surface area contributed by atoms with Gasteiger partial charge >= 0.3 is 0 Å². The first kappa shape index (κ1) is 9.33. The molecule has 0 bridgehead atoms. The fraction of sp³-hybridized carbons (Fsp3) is 0.125. The van der Waals surface area contributed by atoms with Crippen LogP contribution in [0.1, 0.15) is 17.4 Å². The smallest absolute Gasteiger partial charge is 0.124 e. The average molecular weight is 276 g/mol. The lowest BCUT2D eigenvalue weighted by Gasteiger charge is -2.05. The summed E-state index contributed by atoms with van der Waals surface area (Å²) in [5.74, 6) is 0. The highest BCUT2D eigenvalue weighted by Gasteiger charge is 2.15. The van der Waals surface area contributed by atoms with Gasteiger partial charge in [0.2, 0.25) is 0 Å². The van der Waals surface area contributed by atoms with E-state index in [0.717, 1.165) is 10.0 Å². The van der Waals surface area contributed by atoms with Crippen molar-refractivity contribution in [3.8, 4) is 0 Å². The second kappa shape index (κ2) is 3.88. The molecule has 1 atom stereocenters. The van der Waals surface area contributed by atoms with E-state index >= 15 is 0 Å². The maximum Gasteiger partial charge on any atom is 0.124 e. The Bertz CT molecular complexity index is 385. The zero-order valence-corrected chi connectivity index (χ0v) is 9.69. The van der Waals surface area contributed by atoms with Crippen molar-refractivity contribution in [1.29, 1.82) is 0 Å². The Balaban J connectivity index is 2.33. The van der Waals surface area contributed by atoms with Crippen LogP contribution in [0, 0.1) is 0 Å². The summed E-state index contributed by atoms with van der Waals surface area (Å²) in [6.45, 7) is 0. The third-order valence-corrected chi connectivity index (χ3v) is 4.02. The molecule has 2 aromatic rings. The van der Waals surface area contributed by atoms with E-state index in [1.54, 1.807) is 16.8 Å². The van der Waals surface area contributed by atoms with Crippen LogP contribution in [0.25, 0.3) is 0 Å². The highest BCUT2D eigenvalue weighted by atomic mass is 79.9. The molecule has 2 aromatic heterocycles. The van der Waals surface area contributed by atoms with E-state index in [2.05, 4.69) is 20.9 Å². The molecule has 2 heterocycles. The summed E-state index contributed by atoms with van der Waals surface area (Å²) in [5, 5.41) is 15.6. The topological polar surface area (TPSA) is 33.1 Å². The molecule has 0 amide bonds. The molecule has 0 aliphatic carbocycles. The summed E-state index contributed by atoms with van der Waals surface area (Å²) < 4.78 is 0.943. The van der Waals surface area contributed by atoms with Crippen molar-refractivity contribution in [2.24, 2.45) is 0 Å². The molecule has 0 aliphatic rings. The number of thiophene rings is 1. The van der Waals surface area contributed by atoms with E-state index in [-0.39, 0.29) is 0 Å². The normalized spacial score (nSPS) is 13.1. The Labute approximate surface area is 92.0 Å². The second-order valence-electron chi connectivity index (χ2n) is 2.49. The molecular formula is C8H6BrNOS2. The number of halogens is 1. The van der Waals surface area contributed by atoms with Crippen molar-refractivity contribution in [3.05, 3.63) is 37.4 Å². The molecule has 0 saturated carbocycles. The molecule has 1 unspecified atom stereocenters. The van der Waals surface area contributed by atoms with E-state index < -0.39 is 6.10 Å². The Morgan fingerprint density at radius 1 is 1.31 bits per heavy atom. The molecular weight excluding hydrogens is 270 g/mol. The number of hydrogen-bond donors (Lipinski definition) is 1. The first-order chi connectivity index (χ1) is 6.29. The summed E-state index contributed by atoms with van der Waals surface area (Å²) in [6.07, 6.45) is -0.605. The van der Waals surface area contributed by atoms with Gasteiger partial charge in [-0.05, 0) is 21.3 Å². The molecule has 5 heteroatoms. The van der Waals surface area contributed by atoms with Crippen LogP contribution in [0.5, 0.6) is 0 Å². The van der Waals surface area contributed by atoms with Crippen molar-refractivity contribution < 1.29 is 5.11 Å².